The van der Waals surface area contributed by atoms with E-state index in [9.17, 15) is 22.4 Å². The van der Waals surface area contributed by atoms with Crippen LogP contribution in [0.2, 0.25) is 0 Å². The van der Waals surface area contributed by atoms with Crippen LogP contribution in [-0.2, 0) is 11.0 Å². The van der Waals surface area contributed by atoms with Crippen LogP contribution < -0.4 is 0 Å². The Balaban J connectivity index is 3.13. The fraction of sp³-hybridized carbons (Fsp3) is 0.100. The van der Waals surface area contributed by atoms with Gasteiger partial charge in [0.25, 0.3) is 0 Å². The zero-order valence-electron chi connectivity index (χ0n) is 7.75. The van der Waals surface area contributed by atoms with Crippen LogP contribution in [0.1, 0.15) is 11.1 Å². The van der Waals surface area contributed by atoms with Gasteiger partial charge in [0, 0.05) is 6.08 Å². The number of carbonyl (C=O) groups is 1. The van der Waals surface area contributed by atoms with Crippen molar-refractivity contribution in [2.24, 2.45) is 0 Å². The largest absolute Gasteiger partial charge is 0.478 e. The number of alkyl halides is 3. The van der Waals surface area contributed by atoms with Crippen molar-refractivity contribution >= 4 is 12.0 Å². The van der Waals surface area contributed by atoms with Gasteiger partial charge in [-0.3, -0.25) is 0 Å². The Hall–Kier alpha value is -1.85. The van der Waals surface area contributed by atoms with Gasteiger partial charge in [0.2, 0.25) is 0 Å². The fourth-order valence-electron chi connectivity index (χ4n) is 1.04. The molecule has 0 aliphatic rings. The van der Waals surface area contributed by atoms with E-state index in [2.05, 4.69) is 0 Å². The van der Waals surface area contributed by atoms with Crippen LogP contribution in [0.5, 0.6) is 0 Å². The molecule has 1 aromatic rings. The summed E-state index contributed by atoms with van der Waals surface area (Å²) in [6.07, 6.45) is -3.14. The van der Waals surface area contributed by atoms with Gasteiger partial charge in [0.15, 0.2) is 0 Å². The summed E-state index contributed by atoms with van der Waals surface area (Å²) >= 11 is 0. The molecular weight excluding hydrogens is 228 g/mol. The number of benzene rings is 1. The summed E-state index contributed by atoms with van der Waals surface area (Å²) in [6.45, 7) is 0. The van der Waals surface area contributed by atoms with Crippen molar-refractivity contribution in [3.8, 4) is 0 Å². The Kier molecular flexibility index (Phi) is 3.31. The van der Waals surface area contributed by atoms with Crippen LogP contribution in [0.4, 0.5) is 17.6 Å². The van der Waals surface area contributed by atoms with Gasteiger partial charge in [-0.05, 0) is 29.8 Å². The second kappa shape index (κ2) is 4.34. The molecule has 0 fully saturated rings. The molecule has 0 radical (unpaired) electrons. The first kappa shape index (κ1) is 12.2. The van der Waals surface area contributed by atoms with Crippen molar-refractivity contribution in [2.45, 2.75) is 6.18 Å². The van der Waals surface area contributed by atoms with Gasteiger partial charge in [-0.1, -0.05) is 0 Å². The molecule has 0 heterocycles. The SMILES string of the molecule is O=C(O)C=Cc1cc(F)cc(C(F)(F)F)c1. The molecule has 0 aliphatic carbocycles. The van der Waals surface area contributed by atoms with Gasteiger partial charge >= 0.3 is 12.1 Å². The van der Waals surface area contributed by atoms with Gasteiger partial charge in [-0.25, -0.2) is 9.18 Å². The van der Waals surface area contributed by atoms with E-state index in [0.717, 1.165) is 12.1 Å². The number of rotatable bonds is 2. The van der Waals surface area contributed by atoms with Gasteiger partial charge in [0.05, 0.1) is 5.56 Å². The third-order valence-electron chi connectivity index (χ3n) is 1.67. The molecule has 6 heteroatoms. The highest BCUT2D eigenvalue weighted by Gasteiger charge is 2.31. The Bertz CT molecular complexity index is 435. The third-order valence-corrected chi connectivity index (χ3v) is 1.67. The number of carboxylic acid groups (broad SMARTS) is 1. The molecule has 0 aromatic heterocycles. The summed E-state index contributed by atoms with van der Waals surface area (Å²) in [5.74, 6) is -2.39. The average molecular weight is 234 g/mol. The summed E-state index contributed by atoms with van der Waals surface area (Å²) in [6, 6.07) is 1.83. The van der Waals surface area contributed by atoms with E-state index < -0.39 is 23.5 Å². The highest BCUT2D eigenvalue weighted by molar-refractivity contribution is 5.85. The zero-order chi connectivity index (χ0) is 12.3. The molecule has 0 amide bonds. The molecule has 16 heavy (non-hydrogen) atoms. The molecule has 0 aliphatic heterocycles. The molecule has 0 saturated carbocycles. The molecule has 0 bridgehead atoms. The van der Waals surface area contributed by atoms with E-state index in [1.807, 2.05) is 0 Å². The van der Waals surface area contributed by atoms with Gasteiger partial charge in [-0.2, -0.15) is 13.2 Å². The fourth-order valence-corrected chi connectivity index (χ4v) is 1.04. The summed E-state index contributed by atoms with van der Waals surface area (Å²) in [5.41, 5.74) is -1.31. The normalized spacial score (nSPS) is 12.0. The minimum atomic E-state index is -4.66. The van der Waals surface area contributed by atoms with E-state index in [0.29, 0.717) is 18.2 Å². The van der Waals surface area contributed by atoms with Crippen LogP contribution in [-0.4, -0.2) is 11.1 Å². The Morgan fingerprint density at radius 2 is 1.88 bits per heavy atom. The Labute approximate surface area is 87.8 Å². The average Bonchev–Trinajstić information content (AvgIpc) is 2.12. The van der Waals surface area contributed by atoms with Crippen molar-refractivity contribution in [2.75, 3.05) is 0 Å². The van der Waals surface area contributed by atoms with Crippen LogP contribution in [0, 0.1) is 5.82 Å². The predicted molar refractivity (Wildman–Crippen MR) is 48.1 cm³/mol. The lowest BCUT2D eigenvalue weighted by molar-refractivity contribution is -0.137. The third kappa shape index (κ3) is 3.38. The Morgan fingerprint density at radius 1 is 1.25 bits per heavy atom. The first-order valence-corrected chi connectivity index (χ1v) is 4.08. The maximum absolute atomic E-state index is 12.8. The summed E-state index contributed by atoms with van der Waals surface area (Å²) in [4.78, 5) is 10.1. The van der Waals surface area contributed by atoms with E-state index in [1.165, 1.54) is 0 Å². The molecule has 1 aromatic carbocycles. The van der Waals surface area contributed by atoms with E-state index in [1.54, 1.807) is 0 Å². The van der Waals surface area contributed by atoms with Crippen molar-refractivity contribution in [1.82, 2.24) is 0 Å². The van der Waals surface area contributed by atoms with Crippen molar-refractivity contribution in [3.63, 3.8) is 0 Å². The number of aliphatic carboxylic acids is 1. The molecule has 1 rings (SSSR count). The van der Waals surface area contributed by atoms with Crippen LogP contribution in [0.15, 0.2) is 24.3 Å². The topological polar surface area (TPSA) is 37.3 Å². The summed E-state index contributed by atoms with van der Waals surface area (Å²) in [7, 11) is 0. The van der Waals surface area contributed by atoms with Crippen LogP contribution in [0.3, 0.4) is 0 Å². The maximum atomic E-state index is 12.8. The summed E-state index contributed by atoms with van der Waals surface area (Å²) in [5, 5.41) is 8.27. The Morgan fingerprint density at radius 3 is 2.38 bits per heavy atom. The van der Waals surface area contributed by atoms with Crippen molar-refractivity contribution in [1.29, 1.82) is 0 Å². The first-order chi connectivity index (χ1) is 7.29. The van der Waals surface area contributed by atoms with Crippen molar-refractivity contribution in [3.05, 3.63) is 41.2 Å². The molecule has 0 atom stereocenters. The molecule has 0 unspecified atom stereocenters. The summed E-state index contributed by atoms with van der Waals surface area (Å²) < 4.78 is 49.5. The van der Waals surface area contributed by atoms with Gasteiger partial charge in [-0.15, -0.1) is 0 Å². The highest BCUT2D eigenvalue weighted by Crippen LogP contribution is 2.30. The van der Waals surface area contributed by atoms with Gasteiger partial charge in [0.1, 0.15) is 5.82 Å². The second-order valence-electron chi connectivity index (χ2n) is 2.94. The number of carboxylic acids is 1. The number of halogens is 4. The van der Waals surface area contributed by atoms with Gasteiger partial charge < -0.3 is 5.11 Å². The maximum Gasteiger partial charge on any atom is 0.416 e. The lowest BCUT2D eigenvalue weighted by atomic mass is 10.1. The predicted octanol–water partition coefficient (Wildman–Crippen LogP) is 2.94. The molecule has 0 saturated heterocycles. The molecule has 86 valence electrons. The zero-order valence-corrected chi connectivity index (χ0v) is 7.75. The second-order valence-corrected chi connectivity index (χ2v) is 2.94. The molecule has 0 spiro atoms. The number of hydrogen-bond donors (Lipinski definition) is 1. The van der Waals surface area contributed by atoms with Crippen LogP contribution in [0.25, 0.3) is 6.08 Å². The quantitative estimate of drug-likeness (QED) is 0.631. The monoisotopic (exact) mass is 234 g/mol. The highest BCUT2D eigenvalue weighted by atomic mass is 19.4. The lowest BCUT2D eigenvalue weighted by Gasteiger charge is -2.07. The first-order valence-electron chi connectivity index (χ1n) is 4.08. The molecule has 2 nitrogen and oxygen atoms in total. The minimum Gasteiger partial charge on any atom is -0.478 e. The minimum absolute atomic E-state index is 0.158. The number of hydrogen-bond acceptors (Lipinski definition) is 1. The standard InChI is InChI=1S/C10H6F4O2/c11-8-4-6(1-2-9(15)16)3-7(5-8)10(12,13)14/h1-5H,(H,15,16). The van der Waals surface area contributed by atoms with E-state index >= 15 is 0 Å². The van der Waals surface area contributed by atoms with Crippen molar-refractivity contribution < 1.29 is 27.5 Å². The van der Waals surface area contributed by atoms with E-state index in [4.69, 9.17) is 5.11 Å². The van der Waals surface area contributed by atoms with Crippen LogP contribution >= 0.6 is 0 Å². The van der Waals surface area contributed by atoms with E-state index in [-0.39, 0.29) is 5.56 Å². The lowest BCUT2D eigenvalue weighted by Crippen LogP contribution is -2.05. The smallest absolute Gasteiger partial charge is 0.416 e. The molecule has 1 N–H and O–H groups in total. The molecular formula is C10H6F4O2.